The molecule has 9 nitrogen and oxygen atoms in total. The molecule has 0 radical (unpaired) electrons. The molecule has 0 spiro atoms. The number of nitrogens with zero attached hydrogens (tertiary/aromatic N) is 2. The van der Waals surface area contributed by atoms with E-state index in [-0.39, 0.29) is 17.5 Å². The molecule has 0 bridgehead atoms. The Labute approximate surface area is 187 Å². The minimum Gasteiger partial charge on any atom is -0.392 e. The number of hydrogen-bond donors (Lipinski definition) is 5. The lowest BCUT2D eigenvalue weighted by Crippen LogP contribution is -2.30. The first-order chi connectivity index (χ1) is 15.4. The molecule has 5 N–H and O–H groups in total. The van der Waals surface area contributed by atoms with Crippen LogP contribution in [0.5, 0.6) is 0 Å². The first kappa shape index (κ1) is 22.0. The van der Waals surface area contributed by atoms with Crippen molar-refractivity contribution < 1.29 is 13.5 Å². The van der Waals surface area contributed by atoms with Crippen LogP contribution in [0.15, 0.2) is 53.4 Å². The molecule has 3 aromatic rings. The Morgan fingerprint density at radius 2 is 1.81 bits per heavy atom. The predicted octanol–water partition coefficient (Wildman–Crippen LogP) is 3.11. The molecule has 168 valence electrons. The number of aromatic nitrogens is 2. The van der Waals surface area contributed by atoms with Crippen LogP contribution in [0.1, 0.15) is 25.0 Å². The first-order valence-corrected chi connectivity index (χ1v) is 11.8. The van der Waals surface area contributed by atoms with E-state index in [1.165, 1.54) is 0 Å². The molecular weight excluding hydrogens is 428 g/mol. The van der Waals surface area contributed by atoms with E-state index >= 15 is 0 Å². The predicted molar refractivity (Wildman–Crippen MR) is 125 cm³/mol. The molecule has 1 aliphatic heterocycles. The number of aliphatic hydroxyl groups is 1. The maximum atomic E-state index is 12.8. The number of anilines is 5. The molecule has 0 amide bonds. The van der Waals surface area contributed by atoms with Crippen molar-refractivity contribution in [3.8, 4) is 0 Å². The van der Waals surface area contributed by atoms with Crippen molar-refractivity contribution in [1.29, 1.82) is 0 Å². The highest BCUT2D eigenvalue weighted by Crippen LogP contribution is 2.32. The van der Waals surface area contributed by atoms with Crippen molar-refractivity contribution in [2.24, 2.45) is 0 Å². The second-order valence-electron chi connectivity index (χ2n) is 7.78. The maximum absolute atomic E-state index is 12.8. The minimum absolute atomic E-state index is 0.0262. The molecule has 10 heteroatoms. The summed E-state index contributed by atoms with van der Waals surface area (Å²) in [6.07, 6.45) is 0.725. The summed E-state index contributed by atoms with van der Waals surface area (Å²) in [5.74, 6) is 1.62. The zero-order valence-corrected chi connectivity index (χ0v) is 18.7. The average Bonchev–Trinajstić information content (AvgIpc) is 3.23. The molecule has 1 aliphatic rings. The molecule has 32 heavy (non-hydrogen) atoms. The fourth-order valence-electron chi connectivity index (χ4n) is 3.46. The number of aliphatic hydroxyl groups excluding tert-OH is 1. The summed E-state index contributed by atoms with van der Waals surface area (Å²) in [5.41, 5.74) is 2.92. The van der Waals surface area contributed by atoms with Gasteiger partial charge in [-0.3, -0.25) is 0 Å². The van der Waals surface area contributed by atoms with Crippen LogP contribution in [-0.2, 0) is 23.1 Å². The van der Waals surface area contributed by atoms with E-state index in [2.05, 4.69) is 30.6 Å². The molecule has 0 atom stereocenters. The number of nitrogens with one attached hydrogen (secondary N) is 4. The molecule has 2 heterocycles. The van der Waals surface area contributed by atoms with Gasteiger partial charge in [0.25, 0.3) is 0 Å². The van der Waals surface area contributed by atoms with E-state index in [1.807, 2.05) is 24.3 Å². The van der Waals surface area contributed by atoms with Crippen LogP contribution < -0.4 is 20.7 Å². The van der Waals surface area contributed by atoms with Gasteiger partial charge in [-0.1, -0.05) is 24.3 Å². The smallest absolute Gasteiger partial charge is 0.242 e. The number of fused-ring (bicyclic) bond motifs is 1. The van der Waals surface area contributed by atoms with E-state index in [4.69, 9.17) is 0 Å². The van der Waals surface area contributed by atoms with Gasteiger partial charge in [0, 0.05) is 23.8 Å². The van der Waals surface area contributed by atoms with Crippen LogP contribution in [0, 0.1) is 0 Å². The summed E-state index contributed by atoms with van der Waals surface area (Å²) in [6.45, 7) is 4.26. The van der Waals surface area contributed by atoms with Crippen molar-refractivity contribution in [2.75, 3.05) is 22.5 Å². The molecule has 1 aromatic heterocycles. The maximum Gasteiger partial charge on any atom is 0.242 e. The molecule has 0 saturated heterocycles. The topological polar surface area (TPSA) is 128 Å². The largest absolute Gasteiger partial charge is 0.392 e. The Hall–Kier alpha value is -3.21. The van der Waals surface area contributed by atoms with E-state index in [1.54, 1.807) is 38.1 Å². The van der Waals surface area contributed by atoms with E-state index in [0.29, 0.717) is 23.3 Å². The minimum atomic E-state index is -3.70. The summed E-state index contributed by atoms with van der Waals surface area (Å²) in [5, 5.41) is 18.8. The molecule has 0 saturated carbocycles. The highest BCUT2D eigenvalue weighted by Gasteiger charge is 2.23. The summed E-state index contributed by atoms with van der Waals surface area (Å²) in [6, 6.07) is 13.8. The van der Waals surface area contributed by atoms with E-state index in [0.717, 1.165) is 29.8 Å². The third-order valence-corrected chi connectivity index (χ3v) is 6.60. The van der Waals surface area contributed by atoms with Crippen LogP contribution >= 0.6 is 0 Å². The third-order valence-electron chi connectivity index (χ3n) is 4.89. The second-order valence-corrected chi connectivity index (χ2v) is 9.46. The number of hydrogen-bond acceptors (Lipinski definition) is 8. The number of sulfonamides is 1. The van der Waals surface area contributed by atoms with Crippen LogP contribution in [0.25, 0.3) is 0 Å². The highest BCUT2D eigenvalue weighted by atomic mass is 32.2. The van der Waals surface area contributed by atoms with Crippen molar-refractivity contribution in [2.45, 2.75) is 37.8 Å². The van der Waals surface area contributed by atoms with Crippen molar-refractivity contribution in [1.82, 2.24) is 14.7 Å². The fourth-order valence-corrected chi connectivity index (χ4v) is 4.87. The van der Waals surface area contributed by atoms with Gasteiger partial charge in [0.1, 0.15) is 16.5 Å². The monoisotopic (exact) mass is 454 g/mol. The lowest BCUT2D eigenvalue weighted by molar-refractivity contribution is 0.282. The summed E-state index contributed by atoms with van der Waals surface area (Å²) in [4.78, 5) is 9.33. The van der Waals surface area contributed by atoms with Gasteiger partial charge in [-0.25, -0.2) is 13.1 Å². The highest BCUT2D eigenvalue weighted by molar-refractivity contribution is 7.89. The van der Waals surface area contributed by atoms with Crippen LogP contribution in [0.3, 0.4) is 0 Å². The number of rotatable bonds is 8. The number of benzene rings is 2. The summed E-state index contributed by atoms with van der Waals surface area (Å²) < 4.78 is 28.3. The molecule has 4 rings (SSSR count). The normalized spacial score (nSPS) is 13.0. The molecular formula is C22H26N6O3S. The van der Waals surface area contributed by atoms with Gasteiger partial charge in [0.15, 0.2) is 0 Å². The van der Waals surface area contributed by atoms with Gasteiger partial charge in [-0.15, -0.1) is 0 Å². The third kappa shape index (κ3) is 4.82. The Morgan fingerprint density at radius 3 is 2.53 bits per heavy atom. The fraction of sp³-hybridized carbons (Fsp3) is 0.273. The number of para-hydroxylation sites is 1. The summed E-state index contributed by atoms with van der Waals surface area (Å²) >= 11 is 0. The Morgan fingerprint density at radius 1 is 1.06 bits per heavy atom. The lowest BCUT2D eigenvalue weighted by atomic mass is 10.2. The molecule has 0 unspecified atom stereocenters. The van der Waals surface area contributed by atoms with Gasteiger partial charge in [0.2, 0.25) is 16.0 Å². The molecule has 0 fully saturated rings. The standard InChI is InChI=1S/C22H26N6O3S/c1-14(2)28-32(30,31)19-6-4-3-5-18(19)25-21-17-11-12-23-20(17)26-22(27-21)24-16-9-7-15(13-29)8-10-16/h3-10,14,28-29H,11-13H2,1-2H3,(H3,23,24,25,26,27). The van der Waals surface area contributed by atoms with Gasteiger partial charge < -0.3 is 21.1 Å². The van der Waals surface area contributed by atoms with Crippen molar-refractivity contribution in [3.63, 3.8) is 0 Å². The second kappa shape index (κ2) is 9.11. The van der Waals surface area contributed by atoms with Crippen molar-refractivity contribution in [3.05, 3.63) is 59.7 Å². The van der Waals surface area contributed by atoms with Gasteiger partial charge in [-0.05, 0) is 50.1 Å². The zero-order chi connectivity index (χ0) is 22.7. The van der Waals surface area contributed by atoms with Crippen LogP contribution in [0.4, 0.5) is 29.0 Å². The quantitative estimate of drug-likeness (QED) is 0.351. The van der Waals surface area contributed by atoms with Crippen LogP contribution in [0.2, 0.25) is 0 Å². The van der Waals surface area contributed by atoms with Gasteiger partial charge >= 0.3 is 0 Å². The SMILES string of the molecule is CC(C)NS(=O)(=O)c1ccccc1Nc1nc(Nc2ccc(CO)cc2)nc2c1CCN2. The van der Waals surface area contributed by atoms with Gasteiger partial charge in [-0.2, -0.15) is 9.97 Å². The molecule has 0 aliphatic carbocycles. The van der Waals surface area contributed by atoms with Crippen LogP contribution in [-0.4, -0.2) is 36.1 Å². The Balaban J connectivity index is 1.68. The Bertz CT molecular complexity index is 1210. The lowest BCUT2D eigenvalue weighted by Gasteiger charge is -2.16. The summed E-state index contributed by atoms with van der Waals surface area (Å²) in [7, 11) is -3.70. The van der Waals surface area contributed by atoms with Gasteiger partial charge in [0.05, 0.1) is 12.3 Å². The van der Waals surface area contributed by atoms with E-state index < -0.39 is 10.0 Å². The van der Waals surface area contributed by atoms with Crippen molar-refractivity contribution >= 4 is 39.0 Å². The van der Waals surface area contributed by atoms with E-state index in [9.17, 15) is 13.5 Å². The first-order valence-electron chi connectivity index (χ1n) is 10.4. The molecule has 2 aromatic carbocycles. The Kier molecular flexibility index (Phi) is 6.26. The zero-order valence-electron chi connectivity index (χ0n) is 17.9. The average molecular weight is 455 g/mol.